The summed E-state index contributed by atoms with van der Waals surface area (Å²) < 4.78 is 1.65. The SMILES string of the molecule is O=C(NN=Cc1cc(I)cc(I)c1O)c1ccccc1O. The van der Waals surface area contributed by atoms with E-state index in [1.807, 2.05) is 28.7 Å². The zero-order chi connectivity index (χ0) is 15.4. The number of hydrogen-bond acceptors (Lipinski definition) is 4. The van der Waals surface area contributed by atoms with E-state index in [4.69, 9.17) is 0 Å². The lowest BCUT2D eigenvalue weighted by Crippen LogP contribution is -2.17. The summed E-state index contributed by atoms with van der Waals surface area (Å²) in [5.74, 6) is -0.530. The summed E-state index contributed by atoms with van der Waals surface area (Å²) in [7, 11) is 0. The number of nitrogens with zero attached hydrogens (tertiary/aromatic N) is 1. The number of halogens is 2. The molecule has 0 aliphatic carbocycles. The molecule has 0 saturated heterocycles. The second kappa shape index (κ2) is 7.07. The average molecular weight is 508 g/mol. The highest BCUT2D eigenvalue weighted by molar-refractivity contribution is 14.1. The number of para-hydroxylation sites is 1. The highest BCUT2D eigenvalue weighted by atomic mass is 127. The topological polar surface area (TPSA) is 81.9 Å². The molecule has 0 aliphatic rings. The van der Waals surface area contributed by atoms with E-state index < -0.39 is 5.91 Å². The third-order valence-electron chi connectivity index (χ3n) is 2.58. The summed E-state index contributed by atoms with van der Waals surface area (Å²) in [6, 6.07) is 9.76. The van der Waals surface area contributed by atoms with Crippen molar-refractivity contribution in [3.8, 4) is 11.5 Å². The van der Waals surface area contributed by atoms with Crippen molar-refractivity contribution in [3.63, 3.8) is 0 Å². The fourth-order valence-electron chi connectivity index (χ4n) is 1.57. The highest BCUT2D eigenvalue weighted by Gasteiger charge is 2.09. The Morgan fingerprint density at radius 3 is 2.62 bits per heavy atom. The van der Waals surface area contributed by atoms with Gasteiger partial charge in [-0.3, -0.25) is 4.79 Å². The monoisotopic (exact) mass is 508 g/mol. The molecule has 0 aromatic heterocycles. The van der Waals surface area contributed by atoms with Crippen LogP contribution in [0.4, 0.5) is 0 Å². The van der Waals surface area contributed by atoms with Crippen LogP contribution in [0.5, 0.6) is 11.5 Å². The van der Waals surface area contributed by atoms with Gasteiger partial charge in [-0.25, -0.2) is 5.43 Å². The molecule has 5 nitrogen and oxygen atoms in total. The lowest BCUT2D eigenvalue weighted by atomic mass is 10.2. The third-order valence-corrected chi connectivity index (χ3v) is 4.02. The minimum atomic E-state index is -0.524. The van der Waals surface area contributed by atoms with Crippen molar-refractivity contribution in [2.24, 2.45) is 5.10 Å². The summed E-state index contributed by atoms with van der Waals surface area (Å²) in [5.41, 5.74) is 2.95. The van der Waals surface area contributed by atoms with Crippen LogP contribution in [0, 0.1) is 7.14 Å². The number of rotatable bonds is 3. The standard InChI is InChI=1S/C14H10I2N2O3/c15-9-5-8(13(20)11(16)6-9)7-17-18-14(21)10-3-1-2-4-12(10)19/h1-7,19-20H,(H,18,21). The molecule has 7 heteroatoms. The van der Waals surface area contributed by atoms with Gasteiger partial charge in [-0.1, -0.05) is 12.1 Å². The van der Waals surface area contributed by atoms with Crippen LogP contribution in [-0.4, -0.2) is 22.3 Å². The van der Waals surface area contributed by atoms with Gasteiger partial charge in [-0.15, -0.1) is 0 Å². The fraction of sp³-hybridized carbons (Fsp3) is 0. The fourth-order valence-corrected chi connectivity index (χ4v) is 3.46. The molecule has 0 aliphatic heterocycles. The molecule has 2 aromatic carbocycles. The molecular formula is C14H10I2N2O3. The Morgan fingerprint density at radius 2 is 1.90 bits per heavy atom. The van der Waals surface area contributed by atoms with Crippen molar-refractivity contribution in [2.75, 3.05) is 0 Å². The summed E-state index contributed by atoms with van der Waals surface area (Å²) in [6.07, 6.45) is 1.36. The van der Waals surface area contributed by atoms with Crippen LogP contribution in [-0.2, 0) is 0 Å². The first-order chi connectivity index (χ1) is 9.99. The van der Waals surface area contributed by atoms with Gasteiger partial charge in [-0.2, -0.15) is 5.10 Å². The number of aromatic hydroxyl groups is 2. The number of hydrogen-bond donors (Lipinski definition) is 3. The smallest absolute Gasteiger partial charge is 0.275 e. The van der Waals surface area contributed by atoms with Gasteiger partial charge in [0.05, 0.1) is 15.3 Å². The highest BCUT2D eigenvalue weighted by Crippen LogP contribution is 2.25. The van der Waals surface area contributed by atoms with Gasteiger partial charge in [0, 0.05) is 9.13 Å². The average Bonchev–Trinajstić information content (AvgIpc) is 2.44. The third kappa shape index (κ3) is 4.06. The summed E-state index contributed by atoms with van der Waals surface area (Å²) in [5, 5.41) is 23.3. The van der Waals surface area contributed by atoms with Crippen LogP contribution in [0.25, 0.3) is 0 Å². The Hall–Kier alpha value is -1.36. The summed E-state index contributed by atoms with van der Waals surface area (Å²) >= 11 is 4.15. The Labute approximate surface area is 148 Å². The first-order valence-corrected chi connectivity index (χ1v) is 7.94. The predicted octanol–water partition coefficient (Wildman–Crippen LogP) is 3.07. The van der Waals surface area contributed by atoms with Crippen molar-refractivity contribution in [1.82, 2.24) is 5.43 Å². The van der Waals surface area contributed by atoms with Crippen molar-refractivity contribution in [2.45, 2.75) is 0 Å². The number of phenolic OH excluding ortho intramolecular Hbond substituents is 2. The maximum absolute atomic E-state index is 11.8. The van der Waals surface area contributed by atoms with Gasteiger partial charge < -0.3 is 10.2 Å². The second-order valence-corrected chi connectivity index (χ2v) is 6.45. The van der Waals surface area contributed by atoms with Gasteiger partial charge in [0.1, 0.15) is 11.5 Å². The first-order valence-electron chi connectivity index (χ1n) is 5.78. The van der Waals surface area contributed by atoms with E-state index in [2.05, 4.69) is 33.1 Å². The van der Waals surface area contributed by atoms with Gasteiger partial charge in [0.15, 0.2) is 0 Å². The van der Waals surface area contributed by atoms with Gasteiger partial charge in [-0.05, 0) is 69.4 Å². The Kier molecular flexibility index (Phi) is 5.39. The Balaban J connectivity index is 2.13. The predicted molar refractivity (Wildman–Crippen MR) is 96.7 cm³/mol. The minimum Gasteiger partial charge on any atom is -0.507 e. The maximum atomic E-state index is 11.8. The Bertz CT molecular complexity index is 717. The maximum Gasteiger partial charge on any atom is 0.275 e. The molecule has 0 atom stereocenters. The summed E-state index contributed by atoms with van der Waals surface area (Å²) in [4.78, 5) is 11.8. The number of hydrazone groups is 1. The van der Waals surface area contributed by atoms with E-state index in [9.17, 15) is 15.0 Å². The van der Waals surface area contributed by atoms with Crippen molar-refractivity contribution < 1.29 is 15.0 Å². The molecular weight excluding hydrogens is 498 g/mol. The molecule has 0 saturated carbocycles. The molecule has 1 amide bonds. The largest absolute Gasteiger partial charge is 0.507 e. The van der Waals surface area contributed by atoms with Crippen LogP contribution in [0.1, 0.15) is 15.9 Å². The van der Waals surface area contributed by atoms with Crippen molar-refractivity contribution in [1.29, 1.82) is 0 Å². The Morgan fingerprint density at radius 1 is 1.19 bits per heavy atom. The van der Waals surface area contributed by atoms with E-state index in [0.717, 1.165) is 3.57 Å². The van der Waals surface area contributed by atoms with Crippen LogP contribution in [0.2, 0.25) is 0 Å². The molecule has 3 N–H and O–H groups in total. The number of phenols is 2. The van der Waals surface area contributed by atoms with E-state index in [1.54, 1.807) is 18.2 Å². The molecule has 21 heavy (non-hydrogen) atoms. The van der Waals surface area contributed by atoms with Gasteiger partial charge in [0.25, 0.3) is 5.91 Å². The molecule has 0 fully saturated rings. The number of nitrogens with one attached hydrogen (secondary N) is 1. The van der Waals surface area contributed by atoms with E-state index in [-0.39, 0.29) is 17.1 Å². The molecule has 0 unspecified atom stereocenters. The van der Waals surface area contributed by atoms with Crippen molar-refractivity contribution in [3.05, 3.63) is 54.7 Å². The number of carbonyl (C=O) groups excluding carboxylic acids is 1. The number of benzene rings is 2. The molecule has 0 radical (unpaired) electrons. The van der Waals surface area contributed by atoms with E-state index in [1.165, 1.54) is 18.3 Å². The second-order valence-electron chi connectivity index (χ2n) is 4.04. The van der Waals surface area contributed by atoms with Crippen LogP contribution in [0.15, 0.2) is 41.5 Å². The number of carbonyl (C=O) groups is 1. The van der Waals surface area contributed by atoms with Crippen LogP contribution >= 0.6 is 45.2 Å². The number of amides is 1. The molecule has 0 bridgehead atoms. The zero-order valence-corrected chi connectivity index (χ0v) is 14.9. The lowest BCUT2D eigenvalue weighted by molar-refractivity contribution is 0.0952. The molecule has 0 heterocycles. The van der Waals surface area contributed by atoms with Crippen LogP contribution in [0.3, 0.4) is 0 Å². The van der Waals surface area contributed by atoms with Gasteiger partial charge >= 0.3 is 0 Å². The van der Waals surface area contributed by atoms with Crippen LogP contribution < -0.4 is 5.43 Å². The summed E-state index contributed by atoms with van der Waals surface area (Å²) in [6.45, 7) is 0. The minimum absolute atomic E-state index is 0.108. The molecule has 108 valence electrons. The van der Waals surface area contributed by atoms with E-state index >= 15 is 0 Å². The molecule has 2 aromatic rings. The molecule has 2 rings (SSSR count). The quantitative estimate of drug-likeness (QED) is 0.339. The zero-order valence-electron chi connectivity index (χ0n) is 10.5. The van der Waals surface area contributed by atoms with Crippen molar-refractivity contribution >= 4 is 57.3 Å². The van der Waals surface area contributed by atoms with Gasteiger partial charge in [0.2, 0.25) is 0 Å². The first kappa shape index (κ1) is 16.0. The molecule has 0 spiro atoms. The van der Waals surface area contributed by atoms with E-state index in [0.29, 0.717) is 9.13 Å². The normalized spacial score (nSPS) is 10.8. The lowest BCUT2D eigenvalue weighted by Gasteiger charge is -2.04.